The van der Waals surface area contributed by atoms with Crippen LogP contribution in [0.15, 0.2) is 77.4 Å². The van der Waals surface area contributed by atoms with Gasteiger partial charge in [-0.1, -0.05) is 30.3 Å². The van der Waals surface area contributed by atoms with E-state index in [0.29, 0.717) is 5.76 Å². The van der Waals surface area contributed by atoms with Gasteiger partial charge in [0.15, 0.2) is 5.76 Å². The smallest absolute Gasteiger partial charge is 0.291 e. The molecule has 1 heterocycles. The fourth-order valence-corrected chi connectivity index (χ4v) is 2.07. The first-order valence-electron chi connectivity index (χ1n) is 7.04. The van der Waals surface area contributed by atoms with Crippen LogP contribution in [0.25, 0.3) is 0 Å². The number of rotatable bonds is 5. The molecule has 0 aliphatic carbocycles. The maximum atomic E-state index is 11.9. The van der Waals surface area contributed by atoms with Crippen molar-refractivity contribution in [2.24, 2.45) is 0 Å². The molecule has 4 heteroatoms. The van der Waals surface area contributed by atoms with E-state index in [1.165, 1.54) is 11.8 Å². The average molecular weight is 292 g/mol. The molecule has 0 atom stereocenters. The molecule has 0 aliphatic rings. The highest BCUT2D eigenvalue weighted by Gasteiger charge is 2.08. The van der Waals surface area contributed by atoms with E-state index in [1.54, 1.807) is 12.1 Å². The van der Waals surface area contributed by atoms with Crippen LogP contribution in [0, 0.1) is 0 Å². The summed E-state index contributed by atoms with van der Waals surface area (Å²) >= 11 is 0. The van der Waals surface area contributed by atoms with Gasteiger partial charge in [-0.25, -0.2) is 0 Å². The lowest BCUT2D eigenvalue weighted by Crippen LogP contribution is -2.10. The minimum absolute atomic E-state index is 0.255. The normalized spacial score (nSPS) is 10.2. The van der Waals surface area contributed by atoms with Crippen molar-refractivity contribution in [2.75, 3.05) is 10.6 Å². The molecule has 0 saturated carbocycles. The Bertz CT molecular complexity index is 720. The van der Waals surface area contributed by atoms with Crippen molar-refractivity contribution in [1.29, 1.82) is 0 Å². The number of benzene rings is 2. The molecule has 0 radical (unpaired) electrons. The first kappa shape index (κ1) is 13.9. The molecule has 4 nitrogen and oxygen atoms in total. The van der Waals surface area contributed by atoms with Gasteiger partial charge in [-0.05, 0) is 42.0 Å². The average Bonchev–Trinajstić information content (AvgIpc) is 3.10. The molecule has 0 unspecified atom stereocenters. The summed E-state index contributed by atoms with van der Waals surface area (Å²) in [6.45, 7) is 0.763. The minimum atomic E-state index is -0.255. The number of anilines is 2. The van der Waals surface area contributed by atoms with E-state index >= 15 is 0 Å². The van der Waals surface area contributed by atoms with Gasteiger partial charge in [-0.15, -0.1) is 0 Å². The molecule has 0 aliphatic heterocycles. The van der Waals surface area contributed by atoms with Crippen LogP contribution in [-0.4, -0.2) is 5.91 Å². The van der Waals surface area contributed by atoms with Crippen LogP contribution in [0.4, 0.5) is 11.4 Å². The molecule has 0 bridgehead atoms. The first-order chi connectivity index (χ1) is 10.8. The summed E-state index contributed by atoms with van der Waals surface area (Å²) < 4.78 is 5.05. The fraction of sp³-hybridized carbons (Fsp3) is 0.0556. The van der Waals surface area contributed by atoms with E-state index in [2.05, 4.69) is 22.8 Å². The third kappa shape index (κ3) is 3.55. The standard InChI is InChI=1S/C18H16N2O2/c21-18(17-7-4-12-22-17)20-16-10-8-15(9-11-16)19-13-14-5-2-1-3-6-14/h1-12,19H,13H2,(H,20,21). The topological polar surface area (TPSA) is 54.3 Å². The molecular formula is C18H16N2O2. The molecule has 3 aromatic rings. The minimum Gasteiger partial charge on any atom is -0.459 e. The summed E-state index contributed by atoms with van der Waals surface area (Å²) in [5.74, 6) is 0.0428. The van der Waals surface area contributed by atoms with Crippen LogP contribution in [0.1, 0.15) is 16.1 Å². The summed E-state index contributed by atoms with van der Waals surface area (Å²) in [7, 11) is 0. The maximum absolute atomic E-state index is 11.9. The number of amides is 1. The Hall–Kier alpha value is -3.01. The molecule has 3 rings (SSSR count). The van der Waals surface area contributed by atoms with E-state index in [9.17, 15) is 4.79 Å². The monoisotopic (exact) mass is 292 g/mol. The zero-order chi connectivity index (χ0) is 15.2. The highest BCUT2D eigenvalue weighted by molar-refractivity contribution is 6.02. The quantitative estimate of drug-likeness (QED) is 0.743. The van der Waals surface area contributed by atoms with Gasteiger partial charge in [0.1, 0.15) is 0 Å². The molecule has 2 aromatic carbocycles. The highest BCUT2D eigenvalue weighted by atomic mass is 16.3. The SMILES string of the molecule is O=C(Nc1ccc(NCc2ccccc2)cc1)c1ccco1. The Morgan fingerprint density at radius 2 is 1.59 bits per heavy atom. The molecular weight excluding hydrogens is 276 g/mol. The van der Waals surface area contributed by atoms with E-state index in [4.69, 9.17) is 4.42 Å². The maximum Gasteiger partial charge on any atom is 0.291 e. The van der Waals surface area contributed by atoms with Crippen LogP contribution in [0.2, 0.25) is 0 Å². The summed E-state index contributed by atoms with van der Waals surface area (Å²) in [4.78, 5) is 11.9. The summed E-state index contributed by atoms with van der Waals surface area (Å²) in [6.07, 6.45) is 1.48. The summed E-state index contributed by atoms with van der Waals surface area (Å²) in [6, 6.07) is 21.1. The lowest BCUT2D eigenvalue weighted by molar-refractivity contribution is 0.0996. The summed E-state index contributed by atoms with van der Waals surface area (Å²) in [5, 5.41) is 6.12. The molecule has 2 N–H and O–H groups in total. The van der Waals surface area contributed by atoms with Crippen LogP contribution >= 0.6 is 0 Å². The second-order valence-electron chi connectivity index (χ2n) is 4.85. The Morgan fingerprint density at radius 1 is 0.864 bits per heavy atom. The Morgan fingerprint density at radius 3 is 2.27 bits per heavy atom. The van der Waals surface area contributed by atoms with Gasteiger partial charge in [-0.2, -0.15) is 0 Å². The molecule has 0 fully saturated rings. The third-order valence-corrected chi connectivity index (χ3v) is 3.23. The van der Waals surface area contributed by atoms with Gasteiger partial charge in [0.2, 0.25) is 0 Å². The van der Waals surface area contributed by atoms with Crippen molar-refractivity contribution in [3.05, 3.63) is 84.3 Å². The highest BCUT2D eigenvalue weighted by Crippen LogP contribution is 2.15. The molecule has 1 aromatic heterocycles. The van der Waals surface area contributed by atoms with Gasteiger partial charge in [0.25, 0.3) is 5.91 Å². The lowest BCUT2D eigenvalue weighted by Gasteiger charge is -2.08. The Kier molecular flexibility index (Phi) is 4.20. The van der Waals surface area contributed by atoms with Crippen molar-refractivity contribution in [3.8, 4) is 0 Å². The van der Waals surface area contributed by atoms with E-state index in [0.717, 1.165) is 17.9 Å². The van der Waals surface area contributed by atoms with Crippen LogP contribution in [0.5, 0.6) is 0 Å². The van der Waals surface area contributed by atoms with Crippen molar-refractivity contribution in [3.63, 3.8) is 0 Å². The molecule has 0 spiro atoms. The number of furan rings is 1. The number of carbonyl (C=O) groups excluding carboxylic acids is 1. The van der Waals surface area contributed by atoms with E-state index in [-0.39, 0.29) is 5.91 Å². The number of hydrogen-bond acceptors (Lipinski definition) is 3. The zero-order valence-electron chi connectivity index (χ0n) is 12.0. The third-order valence-electron chi connectivity index (χ3n) is 3.23. The second-order valence-corrected chi connectivity index (χ2v) is 4.85. The van der Waals surface area contributed by atoms with Gasteiger partial charge in [-0.3, -0.25) is 4.79 Å². The Labute approximate surface area is 128 Å². The predicted octanol–water partition coefficient (Wildman–Crippen LogP) is 4.14. The predicted molar refractivity (Wildman–Crippen MR) is 86.9 cm³/mol. The summed E-state index contributed by atoms with van der Waals surface area (Å²) in [5.41, 5.74) is 2.95. The van der Waals surface area contributed by atoms with Gasteiger partial charge >= 0.3 is 0 Å². The van der Waals surface area contributed by atoms with Crippen LogP contribution < -0.4 is 10.6 Å². The number of nitrogens with one attached hydrogen (secondary N) is 2. The second kappa shape index (κ2) is 6.63. The van der Waals surface area contributed by atoms with Crippen LogP contribution in [0.3, 0.4) is 0 Å². The van der Waals surface area contributed by atoms with E-state index in [1.807, 2.05) is 42.5 Å². The molecule has 110 valence electrons. The van der Waals surface area contributed by atoms with Gasteiger partial charge in [0, 0.05) is 17.9 Å². The van der Waals surface area contributed by atoms with Crippen molar-refractivity contribution >= 4 is 17.3 Å². The van der Waals surface area contributed by atoms with E-state index < -0.39 is 0 Å². The lowest BCUT2D eigenvalue weighted by atomic mass is 10.2. The molecule has 0 saturated heterocycles. The number of hydrogen-bond donors (Lipinski definition) is 2. The fourth-order valence-electron chi connectivity index (χ4n) is 2.07. The van der Waals surface area contributed by atoms with Crippen LogP contribution in [-0.2, 0) is 6.54 Å². The van der Waals surface area contributed by atoms with Crippen molar-refractivity contribution < 1.29 is 9.21 Å². The Balaban J connectivity index is 1.57. The largest absolute Gasteiger partial charge is 0.459 e. The van der Waals surface area contributed by atoms with Crippen molar-refractivity contribution in [2.45, 2.75) is 6.54 Å². The van der Waals surface area contributed by atoms with Gasteiger partial charge in [0.05, 0.1) is 6.26 Å². The molecule has 1 amide bonds. The zero-order valence-corrected chi connectivity index (χ0v) is 12.0. The van der Waals surface area contributed by atoms with Crippen molar-refractivity contribution in [1.82, 2.24) is 0 Å². The number of carbonyl (C=O) groups is 1. The first-order valence-corrected chi connectivity index (χ1v) is 7.04. The van der Waals surface area contributed by atoms with Gasteiger partial charge < -0.3 is 15.1 Å². The molecule has 22 heavy (non-hydrogen) atoms.